The fourth-order valence-electron chi connectivity index (χ4n) is 13.1. The third-order valence-corrected chi connectivity index (χ3v) is 22.0. The predicted molar refractivity (Wildman–Crippen MR) is 423 cm³/mol. The molecule has 3 N–H and O–H groups in total. The second-order valence-corrected chi connectivity index (χ2v) is 33.4. The summed E-state index contributed by atoms with van der Waals surface area (Å²) in [6.45, 7) is 7.37. The Morgan fingerprint density at radius 3 is 0.689 bits per heavy atom. The highest BCUT2D eigenvalue weighted by Crippen LogP contribution is 2.45. The van der Waals surface area contributed by atoms with Gasteiger partial charge in [0.05, 0.1) is 26.4 Å². The van der Waals surface area contributed by atoms with Crippen molar-refractivity contribution in [3.05, 3.63) is 0 Å². The molecule has 0 spiro atoms. The zero-order chi connectivity index (χ0) is 75.5. The molecule has 3 unspecified atom stereocenters. The minimum absolute atomic E-state index is 0.108. The second-order valence-electron chi connectivity index (χ2n) is 30.5. The van der Waals surface area contributed by atoms with Gasteiger partial charge in [0.25, 0.3) is 0 Å². The Morgan fingerprint density at radius 1 is 0.272 bits per heavy atom. The summed E-state index contributed by atoms with van der Waals surface area (Å²) in [6.07, 6.45) is 69.6. The number of ether oxygens (including phenoxy) is 4. The van der Waals surface area contributed by atoms with Gasteiger partial charge in [0.2, 0.25) is 0 Å². The summed E-state index contributed by atoms with van der Waals surface area (Å²) >= 11 is 0. The number of carbonyl (C=O) groups excluding carboxylic acids is 4. The van der Waals surface area contributed by atoms with Crippen LogP contribution in [0, 0.1) is 5.92 Å². The van der Waals surface area contributed by atoms with Crippen LogP contribution in [0.1, 0.15) is 452 Å². The number of aliphatic hydroxyl groups excluding tert-OH is 1. The molecule has 612 valence electrons. The van der Waals surface area contributed by atoms with Gasteiger partial charge < -0.3 is 33.8 Å². The van der Waals surface area contributed by atoms with Crippen LogP contribution >= 0.6 is 15.6 Å². The number of unbranched alkanes of at least 4 members (excludes halogenated alkanes) is 55. The zero-order valence-corrected chi connectivity index (χ0v) is 69.3. The summed E-state index contributed by atoms with van der Waals surface area (Å²) in [5.74, 6) is -1.26. The largest absolute Gasteiger partial charge is 0.472 e. The minimum Gasteiger partial charge on any atom is -0.462 e. The van der Waals surface area contributed by atoms with Gasteiger partial charge in [0.1, 0.15) is 19.3 Å². The Labute approximate surface area is 632 Å². The number of hydrogen-bond acceptors (Lipinski definition) is 15. The van der Waals surface area contributed by atoms with E-state index in [1.54, 1.807) is 0 Å². The lowest BCUT2D eigenvalue weighted by Crippen LogP contribution is -2.30. The van der Waals surface area contributed by atoms with Gasteiger partial charge in [-0.2, -0.15) is 0 Å². The number of aliphatic hydroxyl groups is 1. The first-order valence-electron chi connectivity index (χ1n) is 43.7. The molecular weight excluding hydrogens is 1340 g/mol. The molecule has 17 nitrogen and oxygen atoms in total. The maximum Gasteiger partial charge on any atom is 0.472 e. The minimum atomic E-state index is -4.96. The molecule has 0 rings (SSSR count). The average molecular weight is 1510 g/mol. The summed E-state index contributed by atoms with van der Waals surface area (Å²) in [6, 6.07) is 0. The smallest absolute Gasteiger partial charge is 0.462 e. The SMILES string of the molecule is CCCCCCCCCCCCCCCCCCCCCCCC(=O)O[C@H](COC(=O)CCCCCCCCCCCCCCCCC(C)CC)COP(=O)(O)OC[C@@H](O)COP(=O)(O)OC[C@@H](COC(=O)CCCCCCCCC)OC(=O)CCCCCCCCCCCCCCCCCCC. The van der Waals surface area contributed by atoms with Crippen LogP contribution in [0.25, 0.3) is 0 Å². The number of phosphoric acid groups is 2. The Bertz CT molecular complexity index is 1960. The molecule has 0 aromatic carbocycles. The maximum atomic E-state index is 13.1. The molecular formula is C84H164O17P2. The molecule has 0 aromatic rings. The van der Waals surface area contributed by atoms with Crippen molar-refractivity contribution in [3.63, 3.8) is 0 Å². The molecule has 103 heavy (non-hydrogen) atoms. The topological polar surface area (TPSA) is 237 Å². The summed E-state index contributed by atoms with van der Waals surface area (Å²) in [4.78, 5) is 73.0. The molecule has 0 saturated heterocycles. The van der Waals surface area contributed by atoms with Gasteiger partial charge in [-0.05, 0) is 31.6 Å². The highest BCUT2D eigenvalue weighted by molar-refractivity contribution is 7.47. The van der Waals surface area contributed by atoms with Crippen LogP contribution in [0.5, 0.6) is 0 Å². The van der Waals surface area contributed by atoms with Gasteiger partial charge >= 0.3 is 39.5 Å². The number of phosphoric ester groups is 2. The van der Waals surface area contributed by atoms with E-state index in [4.69, 9.17) is 37.0 Å². The number of hydrogen-bond donors (Lipinski definition) is 3. The van der Waals surface area contributed by atoms with Gasteiger partial charge in [-0.1, -0.05) is 401 Å². The molecule has 0 amide bonds. The van der Waals surface area contributed by atoms with Crippen LogP contribution in [0.15, 0.2) is 0 Å². The van der Waals surface area contributed by atoms with Crippen LogP contribution < -0.4 is 0 Å². The average Bonchev–Trinajstić information content (AvgIpc) is 1.09. The van der Waals surface area contributed by atoms with Crippen LogP contribution in [-0.4, -0.2) is 96.7 Å². The van der Waals surface area contributed by atoms with Crippen molar-refractivity contribution >= 4 is 39.5 Å². The summed E-state index contributed by atoms with van der Waals surface area (Å²) in [7, 11) is -9.92. The monoisotopic (exact) mass is 1510 g/mol. The Hall–Kier alpha value is -1.94. The first-order chi connectivity index (χ1) is 50.1. The molecule has 0 fully saturated rings. The van der Waals surface area contributed by atoms with Gasteiger partial charge in [-0.25, -0.2) is 9.13 Å². The fourth-order valence-corrected chi connectivity index (χ4v) is 14.7. The summed E-state index contributed by atoms with van der Waals surface area (Å²) in [5, 5.41) is 10.6. The van der Waals surface area contributed by atoms with E-state index in [-0.39, 0.29) is 25.7 Å². The first-order valence-corrected chi connectivity index (χ1v) is 46.7. The van der Waals surface area contributed by atoms with E-state index < -0.39 is 97.5 Å². The predicted octanol–water partition coefficient (Wildman–Crippen LogP) is 25.6. The van der Waals surface area contributed by atoms with Gasteiger partial charge in [0.15, 0.2) is 12.2 Å². The van der Waals surface area contributed by atoms with Gasteiger partial charge in [0, 0.05) is 25.7 Å². The quantitative estimate of drug-likeness (QED) is 0.0222. The van der Waals surface area contributed by atoms with Crippen molar-refractivity contribution in [2.24, 2.45) is 5.92 Å². The van der Waals surface area contributed by atoms with Crippen molar-refractivity contribution in [1.29, 1.82) is 0 Å². The highest BCUT2D eigenvalue weighted by Gasteiger charge is 2.30. The third kappa shape index (κ3) is 76.6. The van der Waals surface area contributed by atoms with Crippen LogP contribution in [0.4, 0.5) is 0 Å². The highest BCUT2D eigenvalue weighted by atomic mass is 31.2. The van der Waals surface area contributed by atoms with E-state index in [0.29, 0.717) is 25.7 Å². The van der Waals surface area contributed by atoms with E-state index in [1.807, 2.05) is 0 Å². The van der Waals surface area contributed by atoms with Crippen LogP contribution in [-0.2, 0) is 65.4 Å². The fraction of sp³-hybridized carbons (Fsp3) is 0.952. The van der Waals surface area contributed by atoms with Crippen molar-refractivity contribution in [2.45, 2.75) is 470 Å². The number of carbonyl (C=O) groups is 4. The Balaban J connectivity index is 5.17. The molecule has 0 aliphatic rings. The van der Waals surface area contributed by atoms with Crippen LogP contribution in [0.2, 0.25) is 0 Å². The van der Waals surface area contributed by atoms with E-state index in [9.17, 15) is 43.2 Å². The molecule has 0 saturated carbocycles. The first kappa shape index (κ1) is 101. The van der Waals surface area contributed by atoms with E-state index in [0.717, 1.165) is 109 Å². The van der Waals surface area contributed by atoms with Crippen molar-refractivity contribution in [3.8, 4) is 0 Å². The molecule has 0 heterocycles. The lowest BCUT2D eigenvalue weighted by molar-refractivity contribution is -0.161. The standard InChI is InChI=1S/C84H164O17P2/c1-6-10-13-16-19-21-23-25-27-29-30-31-32-34-36-42-46-50-55-60-65-70-84(89)101-80(74-95-82(87)68-63-58-53-48-44-40-38-37-39-43-47-52-56-61-66-77(5)9-4)76-99-103(92,93)97-72-78(85)71-96-102(90,91)98-75-79(73-94-81(86)67-62-57-51-18-15-12-8-3)100-83(88)69-64-59-54-49-45-41-35-33-28-26-24-22-20-17-14-11-7-2/h77-80,85H,6-76H2,1-5H3,(H,90,91)(H,92,93)/t77?,78-,79+,80+/m0/s1. The molecule has 0 aromatic heterocycles. The van der Waals surface area contributed by atoms with E-state index in [1.165, 1.54) is 263 Å². The van der Waals surface area contributed by atoms with E-state index >= 15 is 0 Å². The van der Waals surface area contributed by atoms with Crippen molar-refractivity contribution in [1.82, 2.24) is 0 Å². The van der Waals surface area contributed by atoms with Crippen molar-refractivity contribution < 1.29 is 80.2 Å². The molecule has 19 heteroatoms. The zero-order valence-electron chi connectivity index (χ0n) is 67.5. The Morgan fingerprint density at radius 2 is 0.466 bits per heavy atom. The van der Waals surface area contributed by atoms with Crippen molar-refractivity contribution in [2.75, 3.05) is 39.6 Å². The normalized spacial score (nSPS) is 14.1. The number of esters is 4. The Kier molecular flexibility index (Phi) is 75.4. The molecule has 0 aliphatic carbocycles. The second kappa shape index (κ2) is 76.8. The lowest BCUT2D eigenvalue weighted by Gasteiger charge is -2.21. The van der Waals surface area contributed by atoms with Crippen LogP contribution in [0.3, 0.4) is 0 Å². The summed E-state index contributed by atoms with van der Waals surface area (Å²) in [5.41, 5.74) is 0. The lowest BCUT2D eigenvalue weighted by atomic mass is 9.99. The maximum absolute atomic E-state index is 13.1. The molecule has 0 radical (unpaired) electrons. The summed E-state index contributed by atoms with van der Waals surface area (Å²) < 4.78 is 68.7. The van der Waals surface area contributed by atoms with E-state index in [2.05, 4.69) is 34.6 Å². The molecule has 0 bridgehead atoms. The van der Waals surface area contributed by atoms with Gasteiger partial charge in [-0.15, -0.1) is 0 Å². The molecule has 0 aliphatic heterocycles. The third-order valence-electron chi connectivity index (χ3n) is 20.1. The van der Waals surface area contributed by atoms with Gasteiger partial charge in [-0.3, -0.25) is 37.3 Å². The number of rotatable bonds is 84. The molecule has 6 atom stereocenters.